The molecule has 0 aliphatic carbocycles. The summed E-state index contributed by atoms with van der Waals surface area (Å²) in [5.41, 5.74) is 0. The monoisotopic (exact) mass is 218 g/mol. The highest BCUT2D eigenvalue weighted by Gasteiger charge is 2.13. The predicted octanol–water partition coefficient (Wildman–Crippen LogP) is 1.58. The van der Waals surface area contributed by atoms with Crippen LogP contribution in [0.25, 0.3) is 0 Å². The topological polar surface area (TPSA) is 36.9 Å². The Bertz CT molecular complexity index is 144. The van der Waals surface area contributed by atoms with Crippen molar-refractivity contribution in [2.24, 2.45) is 0 Å². The van der Waals surface area contributed by atoms with Crippen molar-refractivity contribution in [2.45, 2.75) is 39.1 Å². The van der Waals surface area contributed by atoms with E-state index in [-0.39, 0.29) is 12.4 Å². The van der Waals surface area contributed by atoms with Gasteiger partial charge in [-0.1, -0.05) is 0 Å². The van der Waals surface area contributed by atoms with Gasteiger partial charge in [0.2, 0.25) is 0 Å². The van der Waals surface area contributed by atoms with Crippen LogP contribution >= 0.6 is 0 Å². The van der Waals surface area contributed by atoms with E-state index in [9.17, 15) is 0 Å². The maximum absolute atomic E-state index is 5.40. The van der Waals surface area contributed by atoms with Gasteiger partial charge in [0.1, 0.15) is 0 Å². The Labute approximate surface area is 91.8 Å². The molecule has 0 radical (unpaired) electrons. The molecule has 1 aliphatic rings. The molecular formula is C11H22O4. The lowest BCUT2D eigenvalue weighted by atomic mass is 10.4. The van der Waals surface area contributed by atoms with Crippen molar-refractivity contribution >= 4 is 0 Å². The zero-order chi connectivity index (χ0) is 10.9. The standard InChI is InChI=1S/C11H22O4/c1-10(2)13-9-8-12-7-4-11-14-5-3-6-15-11/h10-11H,3-9H2,1-2H3. The fraction of sp³-hybridized carbons (Fsp3) is 1.00. The second-order valence-electron chi connectivity index (χ2n) is 3.85. The first kappa shape index (κ1) is 12.9. The van der Waals surface area contributed by atoms with Crippen molar-refractivity contribution < 1.29 is 18.9 Å². The Morgan fingerprint density at radius 2 is 1.87 bits per heavy atom. The van der Waals surface area contributed by atoms with Crippen molar-refractivity contribution in [2.75, 3.05) is 33.0 Å². The quantitative estimate of drug-likeness (QED) is 0.608. The van der Waals surface area contributed by atoms with Crippen LogP contribution in [-0.2, 0) is 18.9 Å². The summed E-state index contributed by atoms with van der Waals surface area (Å²) in [4.78, 5) is 0. The molecule has 0 aromatic rings. The molecule has 0 N–H and O–H groups in total. The van der Waals surface area contributed by atoms with Gasteiger partial charge in [-0.3, -0.25) is 0 Å². The molecule has 0 bridgehead atoms. The lowest BCUT2D eigenvalue weighted by Gasteiger charge is -2.22. The van der Waals surface area contributed by atoms with Crippen molar-refractivity contribution in [3.63, 3.8) is 0 Å². The molecule has 4 nitrogen and oxygen atoms in total. The van der Waals surface area contributed by atoms with Crippen molar-refractivity contribution in [3.8, 4) is 0 Å². The van der Waals surface area contributed by atoms with Gasteiger partial charge in [-0.05, 0) is 20.3 Å². The van der Waals surface area contributed by atoms with Gasteiger partial charge in [0, 0.05) is 6.42 Å². The van der Waals surface area contributed by atoms with E-state index < -0.39 is 0 Å². The number of ether oxygens (including phenoxy) is 4. The second kappa shape index (κ2) is 8.05. The highest BCUT2D eigenvalue weighted by atomic mass is 16.7. The molecule has 0 spiro atoms. The lowest BCUT2D eigenvalue weighted by molar-refractivity contribution is -0.186. The summed E-state index contributed by atoms with van der Waals surface area (Å²) in [5, 5.41) is 0. The predicted molar refractivity (Wildman–Crippen MR) is 56.8 cm³/mol. The maximum atomic E-state index is 5.40. The van der Waals surface area contributed by atoms with Crippen LogP contribution in [0.5, 0.6) is 0 Å². The summed E-state index contributed by atoms with van der Waals surface area (Å²) in [6.07, 6.45) is 2.02. The zero-order valence-electron chi connectivity index (χ0n) is 9.74. The number of rotatable bonds is 7. The largest absolute Gasteiger partial charge is 0.379 e. The van der Waals surface area contributed by atoms with Gasteiger partial charge in [0.05, 0.1) is 39.1 Å². The summed E-state index contributed by atoms with van der Waals surface area (Å²) in [7, 11) is 0. The normalized spacial score (nSPS) is 18.6. The fourth-order valence-corrected chi connectivity index (χ4v) is 1.33. The first-order chi connectivity index (χ1) is 7.29. The minimum Gasteiger partial charge on any atom is -0.379 e. The minimum atomic E-state index is -0.0650. The number of hydrogen-bond donors (Lipinski definition) is 0. The molecule has 1 rings (SSSR count). The van der Waals surface area contributed by atoms with E-state index >= 15 is 0 Å². The Balaban J connectivity index is 1.83. The van der Waals surface area contributed by atoms with Crippen LogP contribution in [0.15, 0.2) is 0 Å². The average Bonchev–Trinajstić information content (AvgIpc) is 2.24. The molecule has 1 saturated heterocycles. The van der Waals surface area contributed by atoms with Gasteiger partial charge in [-0.25, -0.2) is 0 Å². The molecule has 0 unspecified atom stereocenters. The first-order valence-electron chi connectivity index (χ1n) is 5.71. The first-order valence-corrected chi connectivity index (χ1v) is 5.71. The SMILES string of the molecule is CC(C)OCCOCCC1OCCCO1. The second-order valence-corrected chi connectivity index (χ2v) is 3.85. The molecule has 90 valence electrons. The van der Waals surface area contributed by atoms with E-state index in [4.69, 9.17) is 18.9 Å². The molecular weight excluding hydrogens is 196 g/mol. The summed E-state index contributed by atoms with van der Waals surface area (Å²) < 4.78 is 21.5. The van der Waals surface area contributed by atoms with Crippen LogP contribution < -0.4 is 0 Å². The van der Waals surface area contributed by atoms with Crippen molar-refractivity contribution in [1.29, 1.82) is 0 Å². The van der Waals surface area contributed by atoms with Gasteiger partial charge in [-0.15, -0.1) is 0 Å². The highest BCUT2D eigenvalue weighted by Crippen LogP contribution is 2.08. The molecule has 15 heavy (non-hydrogen) atoms. The smallest absolute Gasteiger partial charge is 0.159 e. The summed E-state index contributed by atoms with van der Waals surface area (Å²) >= 11 is 0. The lowest BCUT2D eigenvalue weighted by Crippen LogP contribution is -2.26. The van der Waals surface area contributed by atoms with Gasteiger partial charge >= 0.3 is 0 Å². The molecule has 1 heterocycles. The molecule has 4 heteroatoms. The van der Waals surface area contributed by atoms with E-state index in [1.807, 2.05) is 13.8 Å². The Morgan fingerprint density at radius 1 is 1.13 bits per heavy atom. The molecule has 0 atom stereocenters. The van der Waals surface area contributed by atoms with E-state index in [0.29, 0.717) is 19.8 Å². The van der Waals surface area contributed by atoms with E-state index in [0.717, 1.165) is 26.1 Å². The molecule has 1 fully saturated rings. The summed E-state index contributed by atoms with van der Waals surface area (Å²) in [6.45, 7) is 7.62. The fourth-order valence-electron chi connectivity index (χ4n) is 1.33. The highest BCUT2D eigenvalue weighted by molar-refractivity contribution is 4.51. The van der Waals surface area contributed by atoms with E-state index in [2.05, 4.69) is 0 Å². The molecule has 1 aliphatic heterocycles. The third-order valence-electron chi connectivity index (χ3n) is 2.07. The Morgan fingerprint density at radius 3 is 2.53 bits per heavy atom. The third kappa shape index (κ3) is 6.84. The zero-order valence-corrected chi connectivity index (χ0v) is 9.74. The van der Waals surface area contributed by atoms with Crippen LogP contribution in [0.1, 0.15) is 26.7 Å². The van der Waals surface area contributed by atoms with Crippen molar-refractivity contribution in [1.82, 2.24) is 0 Å². The van der Waals surface area contributed by atoms with Crippen LogP contribution in [0.4, 0.5) is 0 Å². The summed E-state index contributed by atoms with van der Waals surface area (Å²) in [6, 6.07) is 0. The number of hydrogen-bond acceptors (Lipinski definition) is 4. The Hall–Kier alpha value is -0.160. The van der Waals surface area contributed by atoms with Crippen LogP contribution in [0.2, 0.25) is 0 Å². The van der Waals surface area contributed by atoms with E-state index in [1.54, 1.807) is 0 Å². The van der Waals surface area contributed by atoms with Gasteiger partial charge in [0.25, 0.3) is 0 Å². The molecule has 0 aromatic heterocycles. The van der Waals surface area contributed by atoms with Crippen LogP contribution in [-0.4, -0.2) is 45.4 Å². The van der Waals surface area contributed by atoms with Gasteiger partial charge in [0.15, 0.2) is 6.29 Å². The average molecular weight is 218 g/mol. The minimum absolute atomic E-state index is 0.0650. The molecule has 0 amide bonds. The molecule has 0 aromatic carbocycles. The van der Waals surface area contributed by atoms with Crippen LogP contribution in [0.3, 0.4) is 0 Å². The van der Waals surface area contributed by atoms with Crippen molar-refractivity contribution in [3.05, 3.63) is 0 Å². The summed E-state index contributed by atoms with van der Waals surface area (Å²) in [5.74, 6) is 0. The Kier molecular flexibility index (Phi) is 6.92. The van der Waals surface area contributed by atoms with E-state index in [1.165, 1.54) is 0 Å². The van der Waals surface area contributed by atoms with Gasteiger partial charge in [-0.2, -0.15) is 0 Å². The molecule has 0 saturated carbocycles. The maximum Gasteiger partial charge on any atom is 0.159 e. The third-order valence-corrected chi connectivity index (χ3v) is 2.07. The van der Waals surface area contributed by atoms with Crippen LogP contribution in [0, 0.1) is 0 Å². The van der Waals surface area contributed by atoms with Gasteiger partial charge < -0.3 is 18.9 Å².